The molecule has 0 unspecified atom stereocenters. The van der Waals surface area contributed by atoms with E-state index in [9.17, 15) is 4.79 Å². The maximum atomic E-state index is 13.4. The van der Waals surface area contributed by atoms with E-state index in [2.05, 4.69) is 4.90 Å². The SMILES string of the molecule is CCOc1c(-c2ccccc2)cc2c(=O)cc(N3CCCCC3)oc2c1-c1ccccc1. The molecule has 5 rings (SSSR count). The first-order chi connectivity index (χ1) is 15.8. The van der Waals surface area contributed by atoms with Gasteiger partial charge in [0, 0.05) is 24.7 Å². The number of anilines is 1. The maximum absolute atomic E-state index is 13.4. The van der Waals surface area contributed by atoms with Gasteiger partial charge in [0.2, 0.25) is 0 Å². The summed E-state index contributed by atoms with van der Waals surface area (Å²) in [4.78, 5) is 15.5. The van der Waals surface area contributed by atoms with Crippen LogP contribution >= 0.6 is 0 Å². The molecule has 0 atom stereocenters. The van der Waals surface area contributed by atoms with Gasteiger partial charge in [-0.2, -0.15) is 0 Å². The largest absolute Gasteiger partial charge is 0.492 e. The molecule has 0 aliphatic carbocycles. The van der Waals surface area contributed by atoms with Crippen molar-refractivity contribution in [1.29, 1.82) is 0 Å². The number of hydrogen-bond donors (Lipinski definition) is 0. The summed E-state index contributed by atoms with van der Waals surface area (Å²) in [7, 11) is 0. The summed E-state index contributed by atoms with van der Waals surface area (Å²) in [5, 5.41) is 0.576. The van der Waals surface area contributed by atoms with Crippen LogP contribution in [0.3, 0.4) is 0 Å². The number of nitrogens with zero attached hydrogens (tertiary/aromatic N) is 1. The Kier molecular flexibility index (Phi) is 5.68. The Labute approximate surface area is 188 Å². The van der Waals surface area contributed by atoms with E-state index < -0.39 is 0 Å². The molecule has 1 aromatic heterocycles. The molecule has 0 saturated carbocycles. The number of benzene rings is 3. The fourth-order valence-electron chi connectivity index (χ4n) is 4.52. The van der Waals surface area contributed by atoms with Crippen molar-refractivity contribution in [2.24, 2.45) is 0 Å². The van der Waals surface area contributed by atoms with Crippen molar-refractivity contribution in [2.45, 2.75) is 26.2 Å². The molecular weight excluding hydrogens is 398 g/mol. The van der Waals surface area contributed by atoms with E-state index in [4.69, 9.17) is 9.15 Å². The van der Waals surface area contributed by atoms with Crippen LogP contribution in [0.25, 0.3) is 33.2 Å². The fourth-order valence-corrected chi connectivity index (χ4v) is 4.52. The lowest BCUT2D eigenvalue weighted by Crippen LogP contribution is -2.30. The van der Waals surface area contributed by atoms with Gasteiger partial charge >= 0.3 is 0 Å². The number of fused-ring (bicyclic) bond motifs is 1. The molecule has 1 fully saturated rings. The number of piperidine rings is 1. The van der Waals surface area contributed by atoms with Crippen molar-refractivity contribution >= 4 is 16.9 Å². The minimum atomic E-state index is -0.0239. The summed E-state index contributed by atoms with van der Waals surface area (Å²) in [6.07, 6.45) is 3.45. The van der Waals surface area contributed by atoms with Gasteiger partial charge in [0.1, 0.15) is 5.75 Å². The van der Waals surface area contributed by atoms with Crippen molar-refractivity contribution in [1.82, 2.24) is 0 Å². The highest BCUT2D eigenvalue weighted by molar-refractivity contribution is 6.01. The summed E-state index contributed by atoms with van der Waals surface area (Å²) in [5.41, 5.74) is 4.28. The second kappa shape index (κ2) is 8.91. The van der Waals surface area contributed by atoms with Crippen LogP contribution in [-0.4, -0.2) is 19.7 Å². The third-order valence-electron chi connectivity index (χ3n) is 6.06. The Morgan fingerprint density at radius 2 is 1.53 bits per heavy atom. The molecule has 4 nitrogen and oxygen atoms in total. The molecule has 0 N–H and O–H groups in total. The first-order valence-electron chi connectivity index (χ1n) is 11.4. The topological polar surface area (TPSA) is 42.7 Å². The predicted octanol–water partition coefficient (Wildman–Crippen LogP) is 6.52. The van der Waals surface area contributed by atoms with Crippen LogP contribution in [0.1, 0.15) is 26.2 Å². The Bertz CT molecular complexity index is 1270. The molecule has 2 heterocycles. The van der Waals surface area contributed by atoms with E-state index in [1.54, 1.807) is 6.07 Å². The summed E-state index contributed by atoms with van der Waals surface area (Å²) < 4.78 is 12.7. The molecule has 1 saturated heterocycles. The molecule has 0 bridgehead atoms. The first kappa shape index (κ1) is 20.4. The average molecular weight is 426 g/mol. The van der Waals surface area contributed by atoms with E-state index in [1.165, 1.54) is 6.42 Å². The normalized spacial score (nSPS) is 14.0. The highest BCUT2D eigenvalue weighted by atomic mass is 16.5. The zero-order valence-corrected chi connectivity index (χ0v) is 18.3. The van der Waals surface area contributed by atoms with Gasteiger partial charge in [-0.05, 0) is 43.4 Å². The first-order valence-corrected chi connectivity index (χ1v) is 11.4. The van der Waals surface area contributed by atoms with Crippen LogP contribution in [0.4, 0.5) is 5.88 Å². The maximum Gasteiger partial charge on any atom is 0.200 e. The summed E-state index contributed by atoms with van der Waals surface area (Å²) in [6, 6.07) is 23.7. The smallest absolute Gasteiger partial charge is 0.200 e. The Morgan fingerprint density at radius 3 is 2.19 bits per heavy atom. The molecule has 0 amide bonds. The van der Waals surface area contributed by atoms with Gasteiger partial charge in [0.25, 0.3) is 0 Å². The molecule has 0 spiro atoms. The van der Waals surface area contributed by atoms with Gasteiger partial charge in [-0.1, -0.05) is 60.7 Å². The van der Waals surface area contributed by atoms with Gasteiger partial charge in [0.15, 0.2) is 16.9 Å². The van der Waals surface area contributed by atoms with Gasteiger partial charge in [-0.15, -0.1) is 0 Å². The van der Waals surface area contributed by atoms with Crippen molar-refractivity contribution in [3.63, 3.8) is 0 Å². The van der Waals surface area contributed by atoms with Gasteiger partial charge < -0.3 is 14.1 Å². The Balaban J connectivity index is 1.85. The zero-order chi connectivity index (χ0) is 21.9. The van der Waals surface area contributed by atoms with Crippen molar-refractivity contribution in [3.05, 3.63) is 83.0 Å². The Hall–Kier alpha value is -3.53. The number of hydrogen-bond acceptors (Lipinski definition) is 4. The van der Waals surface area contributed by atoms with E-state index in [1.807, 2.05) is 73.7 Å². The number of rotatable bonds is 5. The molecule has 1 aliphatic rings. The van der Waals surface area contributed by atoms with E-state index in [-0.39, 0.29) is 5.43 Å². The van der Waals surface area contributed by atoms with Crippen molar-refractivity contribution in [2.75, 3.05) is 24.6 Å². The van der Waals surface area contributed by atoms with Crippen LogP contribution in [0, 0.1) is 0 Å². The molecule has 1 aliphatic heterocycles. The predicted molar refractivity (Wildman–Crippen MR) is 131 cm³/mol. The summed E-state index contributed by atoms with van der Waals surface area (Å²) in [5.74, 6) is 1.39. The second-order valence-electron chi connectivity index (χ2n) is 8.17. The van der Waals surface area contributed by atoms with Gasteiger partial charge in [-0.3, -0.25) is 4.79 Å². The summed E-state index contributed by atoms with van der Waals surface area (Å²) >= 11 is 0. The molecule has 3 aromatic carbocycles. The highest BCUT2D eigenvalue weighted by Crippen LogP contribution is 2.44. The van der Waals surface area contributed by atoms with Crippen LogP contribution < -0.4 is 15.1 Å². The molecule has 4 aromatic rings. The number of ether oxygens (including phenoxy) is 1. The minimum Gasteiger partial charge on any atom is -0.492 e. The lowest BCUT2D eigenvalue weighted by molar-refractivity contribution is 0.343. The zero-order valence-electron chi connectivity index (χ0n) is 18.3. The lowest BCUT2D eigenvalue weighted by Gasteiger charge is -2.27. The van der Waals surface area contributed by atoms with Gasteiger partial charge in [-0.25, -0.2) is 0 Å². The van der Waals surface area contributed by atoms with Gasteiger partial charge in [0.05, 0.1) is 17.6 Å². The molecular formula is C28H27NO3. The molecule has 32 heavy (non-hydrogen) atoms. The van der Waals surface area contributed by atoms with Crippen molar-refractivity contribution in [3.8, 4) is 28.0 Å². The van der Waals surface area contributed by atoms with E-state index in [0.29, 0.717) is 23.5 Å². The monoisotopic (exact) mass is 425 g/mol. The molecule has 4 heteroatoms. The van der Waals surface area contributed by atoms with Crippen LogP contribution in [0.15, 0.2) is 82.0 Å². The van der Waals surface area contributed by atoms with Crippen LogP contribution in [0.5, 0.6) is 5.75 Å². The minimum absolute atomic E-state index is 0.0239. The quantitative estimate of drug-likeness (QED) is 0.365. The third-order valence-corrected chi connectivity index (χ3v) is 6.06. The van der Waals surface area contributed by atoms with Crippen LogP contribution in [-0.2, 0) is 0 Å². The standard InChI is InChI=1S/C28H27NO3/c1-2-31-27-22(20-12-6-3-7-13-20)18-23-24(30)19-25(29-16-10-5-11-17-29)32-28(23)26(27)21-14-8-4-9-15-21/h3-4,6-9,12-15,18-19H,2,5,10-11,16-17H2,1H3. The van der Waals surface area contributed by atoms with E-state index >= 15 is 0 Å². The third kappa shape index (κ3) is 3.77. The molecule has 0 radical (unpaired) electrons. The van der Waals surface area contributed by atoms with Crippen molar-refractivity contribution < 1.29 is 9.15 Å². The lowest BCUT2D eigenvalue weighted by atomic mass is 9.94. The fraction of sp³-hybridized carbons (Fsp3) is 0.250. The average Bonchev–Trinajstić information content (AvgIpc) is 2.85. The highest BCUT2D eigenvalue weighted by Gasteiger charge is 2.23. The summed E-state index contributed by atoms with van der Waals surface area (Å²) in [6.45, 7) is 4.32. The molecule has 162 valence electrons. The van der Waals surface area contributed by atoms with E-state index in [0.717, 1.165) is 53.9 Å². The second-order valence-corrected chi connectivity index (χ2v) is 8.17. The van der Waals surface area contributed by atoms with Crippen LogP contribution in [0.2, 0.25) is 0 Å². The Morgan fingerprint density at radius 1 is 0.875 bits per heavy atom.